The van der Waals surface area contributed by atoms with E-state index in [1.807, 2.05) is 13.8 Å². The molecule has 0 bridgehead atoms. The minimum absolute atomic E-state index is 0.0485. The molecule has 5 heteroatoms. The zero-order valence-electron chi connectivity index (χ0n) is 14.1. The maximum absolute atomic E-state index is 5.99. The Balaban J connectivity index is 1.32. The van der Waals surface area contributed by atoms with Gasteiger partial charge in [0.25, 0.3) is 0 Å². The molecule has 0 aromatic carbocycles. The predicted octanol–water partition coefficient (Wildman–Crippen LogP) is 3.01. The van der Waals surface area contributed by atoms with E-state index in [1.165, 1.54) is 32.1 Å². The molecule has 0 aromatic heterocycles. The Morgan fingerprint density at radius 3 is 2.45 bits per heavy atom. The largest absolute Gasteiger partial charge is 0.361 e. The fourth-order valence-electron chi connectivity index (χ4n) is 3.32. The highest BCUT2D eigenvalue weighted by Crippen LogP contribution is 2.43. The van der Waals surface area contributed by atoms with Crippen LogP contribution in [-0.2, 0) is 23.7 Å². The Bertz CT molecular complexity index is 359. The van der Waals surface area contributed by atoms with Crippen LogP contribution in [0.25, 0.3) is 0 Å². The third kappa shape index (κ3) is 4.01. The van der Waals surface area contributed by atoms with E-state index in [2.05, 4.69) is 6.92 Å². The summed E-state index contributed by atoms with van der Waals surface area (Å²) < 4.78 is 29.0. The molecule has 0 spiro atoms. The van der Waals surface area contributed by atoms with Gasteiger partial charge in [0.05, 0.1) is 6.61 Å². The van der Waals surface area contributed by atoms with Crippen molar-refractivity contribution in [2.75, 3.05) is 13.2 Å². The summed E-state index contributed by atoms with van der Waals surface area (Å²) in [4.78, 5) is 0. The van der Waals surface area contributed by atoms with Crippen molar-refractivity contribution >= 4 is 0 Å². The van der Waals surface area contributed by atoms with Gasteiger partial charge in [0, 0.05) is 6.61 Å². The second-order valence-corrected chi connectivity index (χ2v) is 7.04. The van der Waals surface area contributed by atoms with E-state index in [-0.39, 0.29) is 30.7 Å². The maximum Gasteiger partial charge on any atom is 0.186 e. The van der Waals surface area contributed by atoms with E-state index in [9.17, 15) is 0 Å². The van der Waals surface area contributed by atoms with E-state index >= 15 is 0 Å². The first kappa shape index (κ1) is 16.7. The Hall–Kier alpha value is -0.200. The molecular weight excluding hydrogens is 284 g/mol. The molecule has 3 rings (SSSR count). The van der Waals surface area contributed by atoms with Gasteiger partial charge in [-0.05, 0) is 20.3 Å². The number of ether oxygens (including phenoxy) is 5. The SMILES string of the molecule is CCCCCCCCO[C@@H]1O[C@@H]([C@H]2COC(C)(C)O2)[C@H]2O[C@@H]12. The highest BCUT2D eigenvalue weighted by molar-refractivity contribution is 5.04. The Kier molecular flexibility index (Phi) is 5.40. The quantitative estimate of drug-likeness (QED) is 0.484. The Morgan fingerprint density at radius 1 is 0.955 bits per heavy atom. The van der Waals surface area contributed by atoms with Gasteiger partial charge in [-0.2, -0.15) is 0 Å². The zero-order valence-corrected chi connectivity index (χ0v) is 14.1. The number of unbranched alkanes of at least 4 members (excludes halogenated alkanes) is 5. The minimum Gasteiger partial charge on any atom is -0.361 e. The fraction of sp³-hybridized carbons (Fsp3) is 1.00. The van der Waals surface area contributed by atoms with Crippen LogP contribution in [0.3, 0.4) is 0 Å². The van der Waals surface area contributed by atoms with Crippen LogP contribution >= 0.6 is 0 Å². The second kappa shape index (κ2) is 7.14. The molecule has 3 aliphatic rings. The Labute approximate surface area is 133 Å². The molecule has 0 amide bonds. The van der Waals surface area contributed by atoms with Crippen LogP contribution in [0.15, 0.2) is 0 Å². The lowest BCUT2D eigenvalue weighted by Gasteiger charge is -2.23. The van der Waals surface area contributed by atoms with E-state index in [0.29, 0.717) is 6.61 Å². The zero-order chi connectivity index (χ0) is 15.6. The summed E-state index contributed by atoms with van der Waals surface area (Å²) in [7, 11) is 0. The van der Waals surface area contributed by atoms with Crippen LogP contribution in [0, 0.1) is 0 Å². The number of hydrogen-bond acceptors (Lipinski definition) is 5. The number of fused-ring (bicyclic) bond motifs is 1. The highest BCUT2D eigenvalue weighted by Gasteiger charge is 2.62. The molecule has 0 aliphatic carbocycles. The molecule has 0 radical (unpaired) electrons. The highest BCUT2D eigenvalue weighted by atomic mass is 16.8. The molecule has 3 heterocycles. The predicted molar refractivity (Wildman–Crippen MR) is 81.6 cm³/mol. The van der Waals surface area contributed by atoms with Crippen molar-refractivity contribution < 1.29 is 23.7 Å². The van der Waals surface area contributed by atoms with Crippen LogP contribution < -0.4 is 0 Å². The van der Waals surface area contributed by atoms with Crippen molar-refractivity contribution in [2.45, 2.75) is 95.8 Å². The molecule has 0 N–H and O–H groups in total. The van der Waals surface area contributed by atoms with E-state index in [1.54, 1.807) is 0 Å². The third-order valence-corrected chi connectivity index (χ3v) is 4.62. The minimum atomic E-state index is -0.518. The van der Waals surface area contributed by atoms with Crippen molar-refractivity contribution in [1.82, 2.24) is 0 Å². The van der Waals surface area contributed by atoms with Gasteiger partial charge in [0.2, 0.25) is 0 Å². The van der Waals surface area contributed by atoms with Crippen LogP contribution in [0.4, 0.5) is 0 Å². The van der Waals surface area contributed by atoms with Crippen LogP contribution in [-0.4, -0.2) is 49.7 Å². The standard InChI is InChI=1S/C17H30O5/c1-4-5-6-7-8-9-10-18-16-15-14(20-15)13(21-16)12-11-19-17(2,3)22-12/h12-16H,4-11H2,1-3H3/t12-,13+,14-,15-,16-/m1/s1. The average Bonchev–Trinajstić information content (AvgIpc) is 3.07. The molecule has 3 aliphatic heterocycles. The summed E-state index contributed by atoms with van der Waals surface area (Å²) in [5.41, 5.74) is 0. The van der Waals surface area contributed by atoms with Crippen molar-refractivity contribution in [3.8, 4) is 0 Å². The summed E-state index contributed by atoms with van der Waals surface area (Å²) in [6.07, 6.45) is 7.49. The normalized spacial score (nSPS) is 39.1. The molecule has 0 aromatic rings. The van der Waals surface area contributed by atoms with Crippen molar-refractivity contribution in [3.63, 3.8) is 0 Å². The first-order valence-electron chi connectivity index (χ1n) is 8.85. The molecule has 3 saturated heterocycles. The number of epoxide rings is 1. The topological polar surface area (TPSA) is 49.5 Å². The van der Waals surface area contributed by atoms with Gasteiger partial charge in [-0.25, -0.2) is 0 Å². The Morgan fingerprint density at radius 2 is 1.73 bits per heavy atom. The molecule has 22 heavy (non-hydrogen) atoms. The molecular formula is C17H30O5. The summed E-state index contributed by atoms with van der Waals surface area (Å²) in [6, 6.07) is 0. The summed E-state index contributed by atoms with van der Waals surface area (Å²) in [5, 5.41) is 0. The van der Waals surface area contributed by atoms with Gasteiger partial charge >= 0.3 is 0 Å². The average molecular weight is 314 g/mol. The summed E-state index contributed by atoms with van der Waals surface area (Å²) >= 11 is 0. The van der Waals surface area contributed by atoms with E-state index in [4.69, 9.17) is 23.7 Å². The fourth-order valence-corrected chi connectivity index (χ4v) is 3.32. The van der Waals surface area contributed by atoms with Crippen LogP contribution in [0.2, 0.25) is 0 Å². The molecule has 0 unspecified atom stereocenters. The molecule has 128 valence electrons. The summed E-state index contributed by atoms with van der Waals surface area (Å²) in [6.45, 7) is 7.42. The molecule has 5 nitrogen and oxygen atoms in total. The van der Waals surface area contributed by atoms with E-state index in [0.717, 1.165) is 13.0 Å². The monoisotopic (exact) mass is 314 g/mol. The second-order valence-electron chi connectivity index (χ2n) is 7.04. The lowest BCUT2D eigenvalue weighted by Crippen LogP contribution is -2.36. The number of rotatable bonds is 9. The van der Waals surface area contributed by atoms with Crippen molar-refractivity contribution in [3.05, 3.63) is 0 Å². The van der Waals surface area contributed by atoms with Crippen molar-refractivity contribution in [2.24, 2.45) is 0 Å². The van der Waals surface area contributed by atoms with Gasteiger partial charge in [-0.15, -0.1) is 0 Å². The lowest BCUT2D eigenvalue weighted by molar-refractivity contribution is -0.207. The number of hydrogen-bond donors (Lipinski definition) is 0. The van der Waals surface area contributed by atoms with Gasteiger partial charge in [0.15, 0.2) is 12.1 Å². The van der Waals surface area contributed by atoms with Crippen molar-refractivity contribution in [1.29, 1.82) is 0 Å². The lowest BCUT2D eigenvalue weighted by atomic mass is 10.1. The van der Waals surface area contributed by atoms with Gasteiger partial charge in [0.1, 0.15) is 24.4 Å². The third-order valence-electron chi connectivity index (χ3n) is 4.62. The van der Waals surface area contributed by atoms with Crippen LogP contribution in [0.5, 0.6) is 0 Å². The molecule has 5 atom stereocenters. The smallest absolute Gasteiger partial charge is 0.186 e. The van der Waals surface area contributed by atoms with Gasteiger partial charge in [-0.3, -0.25) is 0 Å². The molecule has 3 fully saturated rings. The van der Waals surface area contributed by atoms with Crippen LogP contribution in [0.1, 0.15) is 59.3 Å². The maximum atomic E-state index is 5.99. The van der Waals surface area contributed by atoms with Gasteiger partial charge in [-0.1, -0.05) is 39.0 Å². The molecule has 0 saturated carbocycles. The van der Waals surface area contributed by atoms with E-state index < -0.39 is 5.79 Å². The first-order chi connectivity index (χ1) is 10.6. The van der Waals surface area contributed by atoms with Gasteiger partial charge < -0.3 is 23.7 Å². The first-order valence-corrected chi connectivity index (χ1v) is 8.85. The summed E-state index contributed by atoms with van der Waals surface area (Å²) in [5.74, 6) is -0.518.